The molecule has 0 aliphatic rings. The summed E-state index contributed by atoms with van der Waals surface area (Å²) in [5, 5.41) is 8.94. The zero-order valence-corrected chi connectivity index (χ0v) is 10.9. The quantitative estimate of drug-likeness (QED) is 0.699. The van der Waals surface area contributed by atoms with Crippen LogP contribution in [0.4, 0.5) is 0 Å². The molecule has 0 bridgehead atoms. The number of rotatable bonds is 8. The molecule has 0 amide bonds. The fourth-order valence-electron chi connectivity index (χ4n) is 1.99. The van der Waals surface area contributed by atoms with Crippen LogP contribution in [-0.2, 0) is 6.54 Å². The Bertz CT molecular complexity index is 342. The maximum absolute atomic E-state index is 10.9. The van der Waals surface area contributed by atoms with Crippen molar-refractivity contribution in [1.29, 1.82) is 0 Å². The second kappa shape index (κ2) is 7.15. The summed E-state index contributed by atoms with van der Waals surface area (Å²) in [6.45, 7) is 5.31. The van der Waals surface area contributed by atoms with Gasteiger partial charge in [0.25, 0.3) is 0 Å². The predicted molar refractivity (Wildman–Crippen MR) is 69.3 cm³/mol. The molecule has 0 radical (unpaired) electrons. The minimum absolute atomic E-state index is 0.396. The number of hydrogen-bond acceptors (Lipinski definition) is 1. The number of carbonyl (C=O) groups is 1. The van der Waals surface area contributed by atoms with Crippen LogP contribution in [0.25, 0.3) is 0 Å². The lowest BCUT2D eigenvalue weighted by atomic mass is 10.0. The van der Waals surface area contributed by atoms with Crippen molar-refractivity contribution in [3.05, 3.63) is 24.0 Å². The van der Waals surface area contributed by atoms with Crippen molar-refractivity contribution < 1.29 is 9.90 Å². The molecule has 0 atom stereocenters. The van der Waals surface area contributed by atoms with E-state index >= 15 is 0 Å². The van der Waals surface area contributed by atoms with Crippen molar-refractivity contribution >= 4 is 5.97 Å². The topological polar surface area (TPSA) is 42.2 Å². The van der Waals surface area contributed by atoms with Crippen LogP contribution >= 0.6 is 0 Å². The third-order valence-electron chi connectivity index (χ3n) is 2.98. The maximum atomic E-state index is 10.9. The third-order valence-corrected chi connectivity index (χ3v) is 2.98. The van der Waals surface area contributed by atoms with E-state index in [0.717, 1.165) is 18.9 Å². The molecule has 17 heavy (non-hydrogen) atoms. The lowest BCUT2D eigenvalue weighted by Crippen LogP contribution is -2.07. The molecule has 3 nitrogen and oxygen atoms in total. The van der Waals surface area contributed by atoms with Crippen LogP contribution in [0.15, 0.2) is 18.3 Å². The van der Waals surface area contributed by atoms with Gasteiger partial charge in [-0.2, -0.15) is 0 Å². The van der Waals surface area contributed by atoms with Crippen LogP contribution in [0.5, 0.6) is 0 Å². The molecule has 0 unspecified atom stereocenters. The SMILES string of the molecule is CC(C)CCCCCCn1cccc1C(=O)O. The molecule has 1 heterocycles. The van der Waals surface area contributed by atoms with Crippen molar-refractivity contribution in [1.82, 2.24) is 4.57 Å². The molecule has 0 fully saturated rings. The first-order valence-corrected chi connectivity index (χ1v) is 6.49. The van der Waals surface area contributed by atoms with E-state index in [2.05, 4.69) is 13.8 Å². The highest BCUT2D eigenvalue weighted by atomic mass is 16.4. The van der Waals surface area contributed by atoms with Crippen molar-refractivity contribution in [3.8, 4) is 0 Å². The second-order valence-corrected chi connectivity index (χ2v) is 4.99. The van der Waals surface area contributed by atoms with E-state index in [1.165, 1.54) is 25.7 Å². The third kappa shape index (κ3) is 5.07. The van der Waals surface area contributed by atoms with Crippen LogP contribution < -0.4 is 0 Å². The summed E-state index contributed by atoms with van der Waals surface area (Å²) in [5.41, 5.74) is 0.396. The highest BCUT2D eigenvalue weighted by Crippen LogP contribution is 2.11. The minimum Gasteiger partial charge on any atom is -0.477 e. The van der Waals surface area contributed by atoms with E-state index in [9.17, 15) is 4.79 Å². The largest absolute Gasteiger partial charge is 0.477 e. The van der Waals surface area contributed by atoms with E-state index in [-0.39, 0.29) is 0 Å². The Morgan fingerprint density at radius 1 is 1.29 bits per heavy atom. The average molecular weight is 237 g/mol. The lowest BCUT2D eigenvalue weighted by molar-refractivity contribution is 0.0685. The first kappa shape index (κ1) is 13.8. The van der Waals surface area contributed by atoms with Gasteiger partial charge in [0.05, 0.1) is 0 Å². The van der Waals surface area contributed by atoms with Crippen LogP contribution in [0.3, 0.4) is 0 Å². The van der Waals surface area contributed by atoms with Crippen LogP contribution in [0.1, 0.15) is 56.4 Å². The molecule has 1 aromatic rings. The van der Waals surface area contributed by atoms with Crippen molar-refractivity contribution in [2.75, 3.05) is 0 Å². The number of nitrogens with zero attached hydrogens (tertiary/aromatic N) is 1. The van der Waals surface area contributed by atoms with E-state index in [0.29, 0.717) is 5.69 Å². The lowest BCUT2D eigenvalue weighted by Gasteiger charge is -2.07. The molecule has 0 aromatic carbocycles. The number of aryl methyl sites for hydroxylation is 1. The summed E-state index contributed by atoms with van der Waals surface area (Å²) < 4.78 is 1.82. The van der Waals surface area contributed by atoms with Crippen molar-refractivity contribution in [2.24, 2.45) is 5.92 Å². The number of hydrogen-bond donors (Lipinski definition) is 1. The number of carboxylic acid groups (broad SMARTS) is 1. The molecule has 0 saturated heterocycles. The number of aromatic nitrogens is 1. The normalized spacial score (nSPS) is 11.0. The monoisotopic (exact) mass is 237 g/mol. The summed E-state index contributed by atoms with van der Waals surface area (Å²) in [6, 6.07) is 3.45. The van der Waals surface area contributed by atoms with Crippen molar-refractivity contribution in [2.45, 2.75) is 52.5 Å². The second-order valence-electron chi connectivity index (χ2n) is 4.99. The van der Waals surface area contributed by atoms with Gasteiger partial charge in [-0.1, -0.05) is 39.5 Å². The van der Waals surface area contributed by atoms with Gasteiger partial charge in [0, 0.05) is 12.7 Å². The fourth-order valence-corrected chi connectivity index (χ4v) is 1.99. The van der Waals surface area contributed by atoms with E-state index in [1.54, 1.807) is 12.1 Å². The maximum Gasteiger partial charge on any atom is 0.352 e. The fraction of sp³-hybridized carbons (Fsp3) is 0.643. The summed E-state index contributed by atoms with van der Waals surface area (Å²) in [6.07, 6.45) is 7.93. The first-order valence-electron chi connectivity index (χ1n) is 6.49. The molecule has 0 aliphatic carbocycles. The van der Waals surface area contributed by atoms with Crippen LogP contribution in [0, 0.1) is 5.92 Å². The van der Waals surface area contributed by atoms with E-state index in [1.807, 2.05) is 10.8 Å². The molecule has 0 aliphatic heterocycles. The highest BCUT2D eigenvalue weighted by Gasteiger charge is 2.07. The van der Waals surface area contributed by atoms with Gasteiger partial charge >= 0.3 is 5.97 Å². The van der Waals surface area contributed by atoms with Gasteiger partial charge < -0.3 is 9.67 Å². The van der Waals surface area contributed by atoms with Gasteiger partial charge in [-0.3, -0.25) is 0 Å². The molecule has 1 N–H and O–H groups in total. The zero-order valence-electron chi connectivity index (χ0n) is 10.9. The number of carboxylic acids is 1. The van der Waals surface area contributed by atoms with Crippen molar-refractivity contribution in [3.63, 3.8) is 0 Å². The molecule has 0 saturated carbocycles. The van der Waals surface area contributed by atoms with Gasteiger partial charge in [-0.05, 0) is 24.5 Å². The van der Waals surface area contributed by atoms with E-state index in [4.69, 9.17) is 5.11 Å². The predicted octanol–water partition coefficient (Wildman–Crippen LogP) is 3.79. The van der Waals surface area contributed by atoms with Gasteiger partial charge in [-0.15, -0.1) is 0 Å². The Hall–Kier alpha value is -1.25. The minimum atomic E-state index is -0.838. The van der Waals surface area contributed by atoms with Gasteiger partial charge in [0.1, 0.15) is 5.69 Å². The molecular formula is C14H23NO2. The Balaban J connectivity index is 2.18. The molecule has 96 valence electrons. The number of unbranched alkanes of at least 4 members (excludes halogenated alkanes) is 3. The Morgan fingerprint density at radius 3 is 2.65 bits per heavy atom. The molecule has 0 spiro atoms. The molecule has 1 rings (SSSR count). The Kier molecular flexibility index (Phi) is 5.81. The summed E-state index contributed by atoms with van der Waals surface area (Å²) >= 11 is 0. The van der Waals surface area contributed by atoms with Gasteiger partial charge in [-0.25, -0.2) is 4.79 Å². The molecular weight excluding hydrogens is 214 g/mol. The highest BCUT2D eigenvalue weighted by molar-refractivity contribution is 5.85. The Labute approximate surface area is 103 Å². The molecule has 1 aromatic heterocycles. The average Bonchev–Trinajstić information content (AvgIpc) is 2.71. The van der Waals surface area contributed by atoms with Crippen LogP contribution in [-0.4, -0.2) is 15.6 Å². The smallest absolute Gasteiger partial charge is 0.352 e. The number of aromatic carboxylic acids is 1. The summed E-state index contributed by atoms with van der Waals surface area (Å²) in [7, 11) is 0. The molecule has 3 heteroatoms. The van der Waals surface area contributed by atoms with Crippen LogP contribution in [0.2, 0.25) is 0 Å². The zero-order chi connectivity index (χ0) is 12.7. The Morgan fingerprint density at radius 2 is 2.00 bits per heavy atom. The summed E-state index contributed by atoms with van der Waals surface area (Å²) in [5.74, 6) is -0.0483. The first-order chi connectivity index (χ1) is 8.11. The standard InChI is InChI=1S/C14H23NO2/c1-12(2)8-5-3-4-6-10-15-11-7-9-13(15)14(16)17/h7,9,11-12H,3-6,8,10H2,1-2H3,(H,16,17). The van der Waals surface area contributed by atoms with Gasteiger partial charge in [0.15, 0.2) is 0 Å². The van der Waals surface area contributed by atoms with Gasteiger partial charge in [0.2, 0.25) is 0 Å². The van der Waals surface area contributed by atoms with E-state index < -0.39 is 5.97 Å². The summed E-state index contributed by atoms with van der Waals surface area (Å²) in [4.78, 5) is 10.9.